The van der Waals surface area contributed by atoms with Crippen LogP contribution in [0.1, 0.15) is 44.1 Å². The van der Waals surface area contributed by atoms with Crippen molar-refractivity contribution in [3.8, 4) is 5.75 Å². The number of anilines is 1. The smallest absolute Gasteiger partial charge is 0.262 e. The minimum absolute atomic E-state index is 0.0435. The van der Waals surface area contributed by atoms with E-state index in [1.54, 1.807) is 12.1 Å². The zero-order chi connectivity index (χ0) is 24.8. The van der Waals surface area contributed by atoms with Gasteiger partial charge in [-0.15, -0.1) is 0 Å². The molecule has 1 aliphatic heterocycles. The topological polar surface area (TPSA) is 105 Å². The van der Waals surface area contributed by atoms with Crippen LogP contribution in [0.25, 0.3) is 0 Å². The fourth-order valence-corrected chi connectivity index (χ4v) is 6.03. The molecule has 2 amide bonds. The zero-order valence-electron chi connectivity index (χ0n) is 19.5. The van der Waals surface area contributed by atoms with Crippen molar-refractivity contribution in [3.63, 3.8) is 0 Å². The van der Waals surface area contributed by atoms with E-state index in [0.717, 1.165) is 57.2 Å². The van der Waals surface area contributed by atoms with E-state index in [0.29, 0.717) is 12.1 Å². The maximum Gasteiger partial charge on any atom is 0.262 e. The van der Waals surface area contributed by atoms with Gasteiger partial charge in [0.15, 0.2) is 6.61 Å². The maximum absolute atomic E-state index is 12.6. The molecule has 8 nitrogen and oxygen atoms in total. The van der Waals surface area contributed by atoms with Crippen LogP contribution in [0.2, 0.25) is 5.02 Å². The van der Waals surface area contributed by atoms with Crippen LogP contribution in [-0.2, 0) is 26.0 Å². The molecule has 4 rings (SSSR count). The van der Waals surface area contributed by atoms with Gasteiger partial charge in [0.1, 0.15) is 5.75 Å². The van der Waals surface area contributed by atoms with Crippen molar-refractivity contribution in [2.24, 2.45) is 0 Å². The Balaban J connectivity index is 1.27. The summed E-state index contributed by atoms with van der Waals surface area (Å²) in [6.45, 7) is 1.36. The van der Waals surface area contributed by atoms with Crippen molar-refractivity contribution >= 4 is 39.1 Å². The van der Waals surface area contributed by atoms with Crippen molar-refractivity contribution in [1.29, 1.82) is 0 Å². The van der Waals surface area contributed by atoms with Crippen LogP contribution in [0, 0.1) is 0 Å². The minimum Gasteiger partial charge on any atom is -0.482 e. The van der Waals surface area contributed by atoms with E-state index >= 15 is 0 Å². The summed E-state index contributed by atoms with van der Waals surface area (Å²) in [5.74, 6) is -0.0448. The van der Waals surface area contributed by atoms with E-state index in [4.69, 9.17) is 16.3 Å². The third kappa shape index (κ3) is 6.96. The van der Waals surface area contributed by atoms with E-state index in [1.807, 2.05) is 17.0 Å². The Labute approximate surface area is 211 Å². The fraction of sp³-hybridized carbons (Fsp3) is 0.440. The average Bonchev–Trinajstić information content (AvgIpc) is 3.54. The number of ether oxygens (including phenoxy) is 1. The van der Waals surface area contributed by atoms with Gasteiger partial charge in [0, 0.05) is 24.8 Å². The molecule has 0 radical (unpaired) electrons. The van der Waals surface area contributed by atoms with Crippen molar-refractivity contribution in [2.75, 3.05) is 25.0 Å². The van der Waals surface area contributed by atoms with Crippen LogP contribution in [0.3, 0.4) is 0 Å². The van der Waals surface area contributed by atoms with Crippen molar-refractivity contribution in [1.82, 2.24) is 9.62 Å². The number of halogens is 1. The largest absolute Gasteiger partial charge is 0.482 e. The molecular formula is C25H30ClN3O5S. The lowest BCUT2D eigenvalue weighted by Crippen LogP contribution is -2.32. The monoisotopic (exact) mass is 519 g/mol. The third-order valence-electron chi connectivity index (χ3n) is 6.30. The summed E-state index contributed by atoms with van der Waals surface area (Å²) in [5, 5.41) is 2.85. The second-order valence-electron chi connectivity index (χ2n) is 8.99. The highest BCUT2D eigenvalue weighted by Gasteiger charge is 2.24. The molecule has 0 bridgehead atoms. The minimum atomic E-state index is -3.66. The number of rotatable bonds is 9. The Morgan fingerprint density at radius 2 is 1.69 bits per heavy atom. The second kappa shape index (κ2) is 11.4. The Morgan fingerprint density at radius 3 is 2.34 bits per heavy atom. The molecule has 0 unspecified atom stereocenters. The SMILES string of the molecule is O=C(COc1ccc(S(=O)(=O)NC2CCCC2)cc1Cl)Nc1ccc(CC(=O)N2CCCC2)cc1. The summed E-state index contributed by atoms with van der Waals surface area (Å²) < 4.78 is 33.4. The number of benzene rings is 2. The van der Waals surface area contributed by atoms with Crippen LogP contribution < -0.4 is 14.8 Å². The Bertz CT molecular complexity index is 1160. The van der Waals surface area contributed by atoms with Gasteiger partial charge in [-0.3, -0.25) is 9.59 Å². The van der Waals surface area contributed by atoms with Gasteiger partial charge in [0.25, 0.3) is 5.91 Å². The summed E-state index contributed by atoms with van der Waals surface area (Å²) in [6.07, 6.45) is 6.18. The Morgan fingerprint density at radius 1 is 1.00 bits per heavy atom. The van der Waals surface area contributed by atoms with Gasteiger partial charge in [-0.2, -0.15) is 0 Å². The molecule has 1 saturated heterocycles. The molecule has 188 valence electrons. The van der Waals surface area contributed by atoms with Crippen molar-refractivity contribution in [3.05, 3.63) is 53.1 Å². The summed E-state index contributed by atoms with van der Waals surface area (Å²) in [7, 11) is -3.66. The molecule has 1 aliphatic carbocycles. The molecule has 10 heteroatoms. The normalized spacial score (nSPS) is 16.4. The molecule has 0 aromatic heterocycles. The van der Waals surface area contributed by atoms with Crippen molar-refractivity contribution < 1.29 is 22.7 Å². The van der Waals surface area contributed by atoms with E-state index < -0.39 is 10.0 Å². The fourth-order valence-electron chi connectivity index (χ4n) is 4.40. The number of hydrogen-bond donors (Lipinski definition) is 2. The van der Waals surface area contributed by atoms with Crippen LogP contribution >= 0.6 is 11.6 Å². The zero-order valence-corrected chi connectivity index (χ0v) is 21.0. The van der Waals surface area contributed by atoms with Gasteiger partial charge in [0.05, 0.1) is 16.3 Å². The van der Waals surface area contributed by atoms with Gasteiger partial charge >= 0.3 is 0 Å². The molecule has 2 aliphatic rings. The number of nitrogens with one attached hydrogen (secondary N) is 2. The lowest BCUT2D eigenvalue weighted by Gasteiger charge is -2.15. The number of sulfonamides is 1. The van der Waals surface area contributed by atoms with Crippen molar-refractivity contribution in [2.45, 2.75) is 55.9 Å². The molecule has 1 heterocycles. The number of carbonyl (C=O) groups is 2. The van der Waals surface area contributed by atoms with Gasteiger partial charge < -0.3 is 15.0 Å². The number of nitrogens with zero attached hydrogens (tertiary/aromatic N) is 1. The van der Waals surface area contributed by atoms with Crippen LogP contribution in [-0.4, -0.2) is 50.9 Å². The van der Waals surface area contributed by atoms with E-state index in [2.05, 4.69) is 10.0 Å². The lowest BCUT2D eigenvalue weighted by atomic mass is 10.1. The molecule has 2 aromatic carbocycles. The van der Waals surface area contributed by atoms with Gasteiger partial charge in [-0.1, -0.05) is 36.6 Å². The Kier molecular flexibility index (Phi) is 8.30. The van der Waals surface area contributed by atoms with Gasteiger partial charge in [0.2, 0.25) is 15.9 Å². The molecule has 2 fully saturated rings. The maximum atomic E-state index is 12.6. The highest BCUT2D eigenvalue weighted by atomic mass is 35.5. The highest BCUT2D eigenvalue weighted by molar-refractivity contribution is 7.89. The van der Waals surface area contributed by atoms with E-state index in [-0.39, 0.29) is 40.1 Å². The first-order valence-electron chi connectivity index (χ1n) is 11.9. The molecule has 2 aromatic rings. The number of hydrogen-bond acceptors (Lipinski definition) is 5. The van der Waals surface area contributed by atoms with E-state index in [9.17, 15) is 18.0 Å². The Hall–Kier alpha value is -2.62. The van der Waals surface area contributed by atoms with Crippen LogP contribution in [0.4, 0.5) is 5.69 Å². The quantitative estimate of drug-likeness (QED) is 0.525. The number of amides is 2. The average molecular weight is 520 g/mol. The first-order valence-corrected chi connectivity index (χ1v) is 13.8. The summed E-state index contributed by atoms with van der Waals surface area (Å²) in [5.41, 5.74) is 1.47. The molecule has 1 saturated carbocycles. The van der Waals surface area contributed by atoms with Gasteiger partial charge in [-0.25, -0.2) is 13.1 Å². The summed E-state index contributed by atoms with van der Waals surface area (Å²) >= 11 is 6.22. The number of carbonyl (C=O) groups excluding carboxylic acids is 2. The molecular weight excluding hydrogens is 490 g/mol. The van der Waals surface area contributed by atoms with Gasteiger partial charge in [-0.05, 0) is 61.6 Å². The third-order valence-corrected chi connectivity index (χ3v) is 8.11. The lowest BCUT2D eigenvalue weighted by molar-refractivity contribution is -0.129. The standard InChI is InChI=1S/C25H30ClN3O5S/c26-22-16-21(35(32,33)28-20-5-1-2-6-20)11-12-23(22)34-17-24(30)27-19-9-7-18(8-10-19)15-25(31)29-13-3-4-14-29/h7-12,16,20,28H,1-6,13-15,17H2,(H,27,30). The molecule has 35 heavy (non-hydrogen) atoms. The summed E-state index contributed by atoms with van der Waals surface area (Å²) in [6, 6.07) is 11.3. The van der Waals surface area contributed by atoms with E-state index in [1.165, 1.54) is 18.2 Å². The van der Waals surface area contributed by atoms with Crippen LogP contribution in [0.5, 0.6) is 5.75 Å². The molecule has 0 atom stereocenters. The molecule has 0 spiro atoms. The summed E-state index contributed by atoms with van der Waals surface area (Å²) in [4.78, 5) is 26.5. The number of likely N-dealkylation sites (tertiary alicyclic amines) is 1. The second-order valence-corrected chi connectivity index (χ2v) is 11.1. The predicted molar refractivity (Wildman–Crippen MR) is 134 cm³/mol. The van der Waals surface area contributed by atoms with Crippen LogP contribution in [0.15, 0.2) is 47.4 Å². The molecule has 2 N–H and O–H groups in total. The highest BCUT2D eigenvalue weighted by Crippen LogP contribution is 2.28. The first kappa shape index (κ1) is 25.5. The first-order chi connectivity index (χ1) is 16.8. The predicted octanol–water partition coefficient (Wildman–Crippen LogP) is 3.74.